The molecule has 88 valence electrons. The Bertz CT molecular complexity index is 340. The van der Waals surface area contributed by atoms with Gasteiger partial charge in [-0.05, 0) is 17.7 Å². The second kappa shape index (κ2) is 6.48. The molecule has 1 atom stereocenters. The van der Waals surface area contributed by atoms with Gasteiger partial charge in [0.15, 0.2) is 0 Å². The van der Waals surface area contributed by atoms with Crippen molar-refractivity contribution < 1.29 is 15.0 Å². The van der Waals surface area contributed by atoms with Crippen LogP contribution in [0.1, 0.15) is 15.9 Å². The monoisotopic (exact) mass is 243 g/mol. The Morgan fingerprint density at radius 1 is 1.38 bits per heavy atom. The number of aliphatic hydroxyl groups excluding tert-OH is 2. The van der Waals surface area contributed by atoms with E-state index >= 15 is 0 Å². The fraction of sp³-hybridized carbons (Fsp3) is 0.364. The minimum absolute atomic E-state index is 0.0343. The molecule has 1 amide bonds. The van der Waals surface area contributed by atoms with Crippen LogP contribution in [0.4, 0.5) is 0 Å². The second-order valence-electron chi connectivity index (χ2n) is 3.38. The molecule has 1 aromatic carbocycles. The summed E-state index contributed by atoms with van der Waals surface area (Å²) < 4.78 is 0. The smallest absolute Gasteiger partial charge is 0.251 e. The first-order valence-electron chi connectivity index (χ1n) is 4.89. The summed E-state index contributed by atoms with van der Waals surface area (Å²) in [5, 5.41) is 20.1. The van der Waals surface area contributed by atoms with Gasteiger partial charge in [0.1, 0.15) is 0 Å². The summed E-state index contributed by atoms with van der Waals surface area (Å²) >= 11 is 5.62. The first-order valence-corrected chi connectivity index (χ1v) is 5.43. The minimum Gasteiger partial charge on any atom is -0.394 e. The van der Waals surface area contributed by atoms with Crippen molar-refractivity contribution in [2.24, 2.45) is 0 Å². The highest BCUT2D eigenvalue weighted by Gasteiger charge is 2.07. The van der Waals surface area contributed by atoms with E-state index < -0.39 is 6.10 Å². The zero-order chi connectivity index (χ0) is 12.0. The van der Waals surface area contributed by atoms with Gasteiger partial charge in [-0.2, -0.15) is 0 Å². The first kappa shape index (κ1) is 13.0. The summed E-state index contributed by atoms with van der Waals surface area (Å²) in [5.74, 6) is 0.124. The number of amides is 1. The Balaban J connectivity index is 2.52. The predicted molar refractivity (Wildman–Crippen MR) is 61.4 cm³/mol. The molecule has 1 aromatic rings. The van der Waals surface area contributed by atoms with Crippen molar-refractivity contribution in [1.82, 2.24) is 5.32 Å². The van der Waals surface area contributed by atoms with E-state index in [9.17, 15) is 4.79 Å². The van der Waals surface area contributed by atoms with E-state index in [-0.39, 0.29) is 19.1 Å². The molecule has 3 N–H and O–H groups in total. The highest BCUT2D eigenvalue weighted by molar-refractivity contribution is 6.17. The van der Waals surface area contributed by atoms with Crippen molar-refractivity contribution in [3.63, 3.8) is 0 Å². The standard InChI is InChI=1S/C11H14ClNO3/c12-5-8-1-3-9(4-2-8)11(16)13-6-10(15)7-14/h1-4,10,14-15H,5-7H2,(H,13,16). The third-order valence-corrected chi connectivity index (χ3v) is 2.39. The van der Waals surface area contributed by atoms with Gasteiger partial charge in [0.05, 0.1) is 12.7 Å². The summed E-state index contributed by atoms with van der Waals surface area (Å²) in [6, 6.07) is 6.87. The van der Waals surface area contributed by atoms with Crippen LogP contribution in [0.5, 0.6) is 0 Å². The molecule has 0 aromatic heterocycles. The maximum absolute atomic E-state index is 11.5. The molecule has 0 heterocycles. The Kier molecular flexibility index (Phi) is 5.25. The van der Waals surface area contributed by atoms with E-state index in [1.165, 1.54) is 0 Å². The minimum atomic E-state index is -0.925. The molecule has 1 rings (SSSR count). The molecule has 0 spiro atoms. The van der Waals surface area contributed by atoms with E-state index in [1.54, 1.807) is 24.3 Å². The largest absolute Gasteiger partial charge is 0.394 e. The van der Waals surface area contributed by atoms with Gasteiger partial charge in [0.25, 0.3) is 5.91 Å². The number of halogens is 1. The number of nitrogens with one attached hydrogen (secondary N) is 1. The van der Waals surface area contributed by atoms with Crippen molar-refractivity contribution in [2.45, 2.75) is 12.0 Å². The van der Waals surface area contributed by atoms with Crippen LogP contribution in [0, 0.1) is 0 Å². The van der Waals surface area contributed by atoms with Crippen LogP contribution in [-0.4, -0.2) is 35.4 Å². The molecule has 0 radical (unpaired) electrons. The molecule has 0 saturated heterocycles. The zero-order valence-electron chi connectivity index (χ0n) is 8.69. The van der Waals surface area contributed by atoms with Crippen LogP contribution in [-0.2, 0) is 5.88 Å². The normalized spacial score (nSPS) is 12.2. The van der Waals surface area contributed by atoms with Gasteiger partial charge in [-0.3, -0.25) is 4.79 Å². The van der Waals surface area contributed by atoms with Crippen molar-refractivity contribution in [1.29, 1.82) is 0 Å². The average molecular weight is 244 g/mol. The third-order valence-electron chi connectivity index (χ3n) is 2.08. The number of rotatable bonds is 5. The lowest BCUT2D eigenvalue weighted by Gasteiger charge is -2.09. The Morgan fingerprint density at radius 3 is 2.50 bits per heavy atom. The number of hydrogen-bond donors (Lipinski definition) is 3. The number of aliphatic hydroxyl groups is 2. The van der Waals surface area contributed by atoms with Gasteiger partial charge < -0.3 is 15.5 Å². The van der Waals surface area contributed by atoms with Gasteiger partial charge in [0, 0.05) is 18.0 Å². The Labute approximate surface area is 98.9 Å². The summed E-state index contributed by atoms with van der Waals surface area (Å²) in [5.41, 5.74) is 1.44. The molecule has 0 fully saturated rings. The average Bonchev–Trinajstić information content (AvgIpc) is 2.35. The van der Waals surface area contributed by atoms with Crippen LogP contribution < -0.4 is 5.32 Å². The van der Waals surface area contributed by atoms with Crippen molar-refractivity contribution in [3.8, 4) is 0 Å². The van der Waals surface area contributed by atoms with E-state index in [2.05, 4.69) is 5.32 Å². The molecule has 0 saturated carbocycles. The van der Waals surface area contributed by atoms with Gasteiger partial charge in [-0.15, -0.1) is 11.6 Å². The fourth-order valence-electron chi connectivity index (χ4n) is 1.12. The molecule has 0 bridgehead atoms. The summed E-state index contributed by atoms with van der Waals surface area (Å²) in [6.45, 7) is -0.335. The predicted octanol–water partition coefficient (Wildman–Crippen LogP) is 0.508. The van der Waals surface area contributed by atoms with Crippen LogP contribution >= 0.6 is 11.6 Å². The SMILES string of the molecule is O=C(NCC(O)CO)c1ccc(CCl)cc1. The molecule has 0 aliphatic rings. The van der Waals surface area contributed by atoms with Crippen LogP contribution in [0.2, 0.25) is 0 Å². The summed E-state index contributed by atoms with van der Waals surface area (Å²) in [7, 11) is 0. The summed E-state index contributed by atoms with van der Waals surface area (Å²) in [4.78, 5) is 11.5. The molecule has 5 heteroatoms. The number of benzene rings is 1. The van der Waals surface area contributed by atoms with Crippen LogP contribution in [0.3, 0.4) is 0 Å². The summed E-state index contributed by atoms with van der Waals surface area (Å²) in [6.07, 6.45) is -0.925. The number of carbonyl (C=O) groups excluding carboxylic acids is 1. The third kappa shape index (κ3) is 3.81. The lowest BCUT2D eigenvalue weighted by Crippen LogP contribution is -2.33. The van der Waals surface area contributed by atoms with E-state index in [0.717, 1.165) is 5.56 Å². The Hall–Kier alpha value is -1.10. The van der Waals surface area contributed by atoms with Crippen LogP contribution in [0.15, 0.2) is 24.3 Å². The fourth-order valence-corrected chi connectivity index (χ4v) is 1.30. The van der Waals surface area contributed by atoms with Gasteiger partial charge in [0.2, 0.25) is 0 Å². The van der Waals surface area contributed by atoms with Gasteiger partial charge in [-0.25, -0.2) is 0 Å². The Morgan fingerprint density at radius 2 is 2.00 bits per heavy atom. The number of carbonyl (C=O) groups is 1. The lowest BCUT2D eigenvalue weighted by molar-refractivity contribution is 0.0802. The number of hydrogen-bond acceptors (Lipinski definition) is 3. The molecule has 0 aliphatic carbocycles. The number of alkyl halides is 1. The van der Waals surface area contributed by atoms with Gasteiger partial charge in [-0.1, -0.05) is 12.1 Å². The topological polar surface area (TPSA) is 69.6 Å². The maximum atomic E-state index is 11.5. The maximum Gasteiger partial charge on any atom is 0.251 e. The quantitative estimate of drug-likeness (QED) is 0.660. The zero-order valence-corrected chi connectivity index (χ0v) is 9.44. The molecule has 1 unspecified atom stereocenters. The highest BCUT2D eigenvalue weighted by Crippen LogP contribution is 2.06. The van der Waals surface area contributed by atoms with E-state index in [1.807, 2.05) is 0 Å². The molecule has 4 nitrogen and oxygen atoms in total. The molecular formula is C11H14ClNO3. The first-order chi connectivity index (χ1) is 7.67. The van der Waals surface area contributed by atoms with E-state index in [0.29, 0.717) is 11.4 Å². The van der Waals surface area contributed by atoms with Crippen molar-refractivity contribution in [3.05, 3.63) is 35.4 Å². The van der Waals surface area contributed by atoms with E-state index in [4.69, 9.17) is 21.8 Å². The lowest BCUT2D eigenvalue weighted by atomic mass is 10.1. The van der Waals surface area contributed by atoms with Crippen molar-refractivity contribution >= 4 is 17.5 Å². The molecule has 16 heavy (non-hydrogen) atoms. The second-order valence-corrected chi connectivity index (χ2v) is 3.64. The molecular weight excluding hydrogens is 230 g/mol. The van der Waals surface area contributed by atoms with Crippen LogP contribution in [0.25, 0.3) is 0 Å². The molecule has 0 aliphatic heterocycles. The highest BCUT2D eigenvalue weighted by atomic mass is 35.5. The van der Waals surface area contributed by atoms with Crippen molar-refractivity contribution in [2.75, 3.05) is 13.2 Å². The van der Waals surface area contributed by atoms with Gasteiger partial charge >= 0.3 is 0 Å².